The van der Waals surface area contributed by atoms with Crippen molar-refractivity contribution in [1.29, 1.82) is 0 Å². The van der Waals surface area contributed by atoms with Gasteiger partial charge in [0.1, 0.15) is 0 Å². The Balaban J connectivity index is 1.96. The lowest BCUT2D eigenvalue weighted by molar-refractivity contribution is -0.260. The molecule has 3 aromatic rings. The van der Waals surface area contributed by atoms with E-state index in [0.717, 1.165) is 9.78 Å². The molecule has 11 heteroatoms. The number of hydrogen-bond acceptors (Lipinski definition) is 6. The summed E-state index contributed by atoms with van der Waals surface area (Å²) in [5, 5.41) is 0.612. The van der Waals surface area contributed by atoms with Crippen LogP contribution in [0.25, 0.3) is 10.4 Å². The van der Waals surface area contributed by atoms with Gasteiger partial charge in [-0.3, -0.25) is 10.5 Å². The van der Waals surface area contributed by atoms with Gasteiger partial charge in [-0.1, -0.05) is 65.2 Å². The van der Waals surface area contributed by atoms with E-state index in [1.807, 2.05) is 0 Å². The zero-order valence-electron chi connectivity index (χ0n) is 17.0. The molecule has 2 aromatic carbocycles. The number of rotatable bonds is 4. The Morgan fingerprint density at radius 3 is 2.36 bits per heavy atom. The molecule has 1 fully saturated rings. The molecule has 0 aliphatic carbocycles. The number of halogens is 4. The van der Waals surface area contributed by atoms with Crippen molar-refractivity contribution in [2.45, 2.75) is 18.0 Å². The third-order valence-corrected chi connectivity index (χ3v) is 6.62. The number of likely N-dealkylation sites (N-methyl/N-ethyl adjacent to an activating group) is 1. The number of hydroxylamine groups is 2. The van der Waals surface area contributed by atoms with Crippen molar-refractivity contribution in [1.82, 2.24) is 9.96 Å². The van der Waals surface area contributed by atoms with Crippen LogP contribution in [0.4, 0.5) is 13.2 Å². The average Bonchev–Trinajstić information content (AvgIpc) is 3.30. The van der Waals surface area contributed by atoms with Crippen molar-refractivity contribution in [2.75, 3.05) is 7.05 Å². The van der Waals surface area contributed by atoms with Crippen LogP contribution < -0.4 is 5.73 Å². The second kappa shape index (κ2) is 8.45. The summed E-state index contributed by atoms with van der Waals surface area (Å²) in [7, 11) is 1.33. The maximum absolute atomic E-state index is 13.6. The van der Waals surface area contributed by atoms with E-state index in [1.54, 1.807) is 66.7 Å². The molecule has 6 nitrogen and oxygen atoms in total. The van der Waals surface area contributed by atoms with Gasteiger partial charge in [0.25, 0.3) is 5.91 Å². The normalized spacial score (nSPS) is 21.5. The summed E-state index contributed by atoms with van der Waals surface area (Å²) in [6.45, 7) is 0. The summed E-state index contributed by atoms with van der Waals surface area (Å²) in [6.07, 6.45) is -6.76. The van der Waals surface area contributed by atoms with E-state index in [2.05, 4.69) is 0 Å². The highest BCUT2D eigenvalue weighted by Crippen LogP contribution is 2.45. The third-order valence-electron chi connectivity index (χ3n) is 5.34. The lowest BCUT2D eigenvalue weighted by atomic mass is 9.81. The highest BCUT2D eigenvalue weighted by atomic mass is 35.5. The fraction of sp³-hybridized carbons (Fsp3) is 0.182. The molecule has 2 unspecified atom stereocenters. The molecule has 2 heterocycles. The number of hydrogen-bond donors (Lipinski definition) is 1. The predicted octanol–water partition coefficient (Wildman–Crippen LogP) is 4.35. The lowest BCUT2D eigenvalue weighted by Crippen LogP contribution is -2.53. The molecule has 1 aliphatic rings. The predicted molar refractivity (Wildman–Crippen MR) is 117 cm³/mol. The molecule has 2 N–H and O–H groups in total. The Labute approximate surface area is 195 Å². The first-order chi connectivity index (χ1) is 15.6. The molecule has 0 spiro atoms. The van der Waals surface area contributed by atoms with E-state index in [0.29, 0.717) is 15.0 Å². The monoisotopic (exact) mass is 495 g/mol. The number of thiophene rings is 1. The molecule has 0 saturated carbocycles. The summed E-state index contributed by atoms with van der Waals surface area (Å²) in [6, 6.07) is 18.2. The molecule has 1 aromatic heterocycles. The van der Waals surface area contributed by atoms with Gasteiger partial charge >= 0.3 is 12.1 Å². The summed E-state index contributed by atoms with van der Waals surface area (Å²) in [5.74, 6) is -3.14. The summed E-state index contributed by atoms with van der Waals surface area (Å²) < 4.78 is 39.9. The van der Waals surface area contributed by atoms with Crippen molar-refractivity contribution in [3.05, 3.63) is 82.2 Å². The van der Waals surface area contributed by atoms with E-state index in [1.165, 1.54) is 18.4 Å². The summed E-state index contributed by atoms with van der Waals surface area (Å²) in [5.41, 5.74) is 5.36. The van der Waals surface area contributed by atoms with E-state index in [9.17, 15) is 22.8 Å². The number of carbonyl (C=O) groups is 2. The SMILES string of the molecule is CN1C(=O)C(c2ccccc2)(c2cccc(-c3ccc(Cl)s3)c2)N(OC(=O)C(F)(F)F)C1N. The van der Waals surface area contributed by atoms with Crippen LogP contribution in [0, 0.1) is 0 Å². The van der Waals surface area contributed by atoms with Gasteiger partial charge in [0.05, 0.1) is 4.34 Å². The van der Waals surface area contributed by atoms with E-state index in [-0.39, 0.29) is 11.1 Å². The number of nitrogens with two attached hydrogens (primary N) is 1. The van der Waals surface area contributed by atoms with Gasteiger partial charge in [-0.15, -0.1) is 11.3 Å². The topological polar surface area (TPSA) is 75.9 Å². The number of carbonyl (C=O) groups excluding carboxylic acids is 2. The van der Waals surface area contributed by atoms with Crippen molar-refractivity contribution >= 4 is 34.8 Å². The van der Waals surface area contributed by atoms with Crippen LogP contribution in [0.15, 0.2) is 66.7 Å². The van der Waals surface area contributed by atoms with Crippen LogP contribution in [0.5, 0.6) is 0 Å². The number of amides is 1. The van der Waals surface area contributed by atoms with E-state index >= 15 is 0 Å². The Bertz CT molecular complexity index is 1200. The van der Waals surface area contributed by atoms with Crippen LogP contribution in [-0.4, -0.2) is 41.4 Å². The molecule has 1 amide bonds. The van der Waals surface area contributed by atoms with E-state index < -0.39 is 29.9 Å². The third kappa shape index (κ3) is 3.89. The smallest absolute Gasteiger partial charge is 0.356 e. The number of benzene rings is 2. The Kier molecular flexibility index (Phi) is 5.95. The van der Waals surface area contributed by atoms with Gasteiger partial charge in [-0.25, -0.2) is 4.79 Å². The first kappa shape index (κ1) is 23.2. The minimum atomic E-state index is -5.29. The first-order valence-corrected chi connectivity index (χ1v) is 10.8. The van der Waals surface area contributed by atoms with Gasteiger partial charge in [0, 0.05) is 11.9 Å². The fourth-order valence-corrected chi connectivity index (χ4v) is 4.84. The van der Waals surface area contributed by atoms with Gasteiger partial charge < -0.3 is 9.74 Å². The zero-order valence-corrected chi connectivity index (χ0v) is 18.6. The van der Waals surface area contributed by atoms with Gasteiger partial charge in [-0.05, 0) is 34.9 Å². The molecule has 0 bridgehead atoms. The van der Waals surface area contributed by atoms with Crippen molar-refractivity contribution < 1.29 is 27.6 Å². The standard InChI is InChI=1S/C22H17ClF3N3O3S/c1-28-18(30)21(14-7-3-2-4-8-14,29(20(28)27)32-19(31)22(24,25)26)15-9-5-6-13(12-15)16-10-11-17(23)33-16/h2-12,20H,27H2,1H3. The molecule has 33 heavy (non-hydrogen) atoms. The lowest BCUT2D eigenvalue weighted by Gasteiger charge is -2.36. The molecular formula is C22H17ClF3N3O3S. The Morgan fingerprint density at radius 1 is 1.09 bits per heavy atom. The van der Waals surface area contributed by atoms with Crippen LogP contribution in [-0.2, 0) is 20.0 Å². The summed E-state index contributed by atoms with van der Waals surface area (Å²) >= 11 is 7.36. The van der Waals surface area contributed by atoms with Crippen LogP contribution in [0.3, 0.4) is 0 Å². The van der Waals surface area contributed by atoms with Crippen molar-refractivity contribution in [3.8, 4) is 10.4 Å². The Hall–Kier alpha value is -2.92. The zero-order chi connectivity index (χ0) is 24.0. The Morgan fingerprint density at radius 2 is 1.76 bits per heavy atom. The maximum atomic E-state index is 13.6. The molecule has 4 rings (SSSR count). The number of alkyl halides is 3. The maximum Gasteiger partial charge on any atom is 0.492 e. The summed E-state index contributed by atoms with van der Waals surface area (Å²) in [4.78, 5) is 32.1. The minimum absolute atomic E-state index is 0.274. The molecular weight excluding hydrogens is 479 g/mol. The van der Waals surface area contributed by atoms with Gasteiger partial charge in [0.15, 0.2) is 11.8 Å². The first-order valence-electron chi connectivity index (χ1n) is 9.60. The highest BCUT2D eigenvalue weighted by molar-refractivity contribution is 7.19. The highest BCUT2D eigenvalue weighted by Gasteiger charge is 2.61. The van der Waals surface area contributed by atoms with Crippen LogP contribution in [0.1, 0.15) is 11.1 Å². The second-order valence-corrected chi connectivity index (χ2v) is 9.01. The van der Waals surface area contributed by atoms with Crippen LogP contribution >= 0.6 is 22.9 Å². The van der Waals surface area contributed by atoms with Crippen molar-refractivity contribution in [3.63, 3.8) is 0 Å². The minimum Gasteiger partial charge on any atom is -0.356 e. The fourth-order valence-electron chi connectivity index (χ4n) is 3.80. The van der Waals surface area contributed by atoms with E-state index in [4.69, 9.17) is 22.2 Å². The quantitative estimate of drug-likeness (QED) is 0.582. The van der Waals surface area contributed by atoms with Gasteiger partial charge in [0.2, 0.25) is 0 Å². The average molecular weight is 496 g/mol. The molecule has 1 aliphatic heterocycles. The van der Waals surface area contributed by atoms with Crippen LogP contribution in [0.2, 0.25) is 4.34 Å². The largest absolute Gasteiger partial charge is 0.492 e. The molecule has 2 atom stereocenters. The molecule has 0 radical (unpaired) electrons. The number of nitrogens with zero attached hydrogens (tertiary/aromatic N) is 2. The second-order valence-electron chi connectivity index (χ2n) is 7.29. The van der Waals surface area contributed by atoms with Gasteiger partial charge in [-0.2, -0.15) is 13.2 Å². The molecule has 172 valence electrons. The van der Waals surface area contributed by atoms with Crippen molar-refractivity contribution in [2.24, 2.45) is 5.73 Å². The molecule has 1 saturated heterocycles.